The molecular formula is C11H10BrF. The van der Waals surface area contributed by atoms with E-state index in [1.807, 2.05) is 18.2 Å². The van der Waals surface area contributed by atoms with E-state index in [0.29, 0.717) is 0 Å². The lowest BCUT2D eigenvalue weighted by atomic mass is 9.88. The molecule has 0 bridgehead atoms. The van der Waals surface area contributed by atoms with Crippen LogP contribution in [0.25, 0.3) is 5.57 Å². The highest BCUT2D eigenvalue weighted by atomic mass is 79.9. The average molecular weight is 241 g/mol. The molecule has 0 heterocycles. The van der Waals surface area contributed by atoms with E-state index in [2.05, 4.69) is 22.0 Å². The summed E-state index contributed by atoms with van der Waals surface area (Å²) in [5.41, 5.74) is 3.16. The molecular weight excluding hydrogens is 231 g/mol. The Balaban J connectivity index is 2.55. The van der Waals surface area contributed by atoms with Gasteiger partial charge in [0, 0.05) is 5.57 Å². The van der Waals surface area contributed by atoms with E-state index in [1.165, 1.54) is 5.56 Å². The molecule has 0 unspecified atom stereocenters. The van der Waals surface area contributed by atoms with Crippen molar-refractivity contribution in [2.24, 2.45) is 0 Å². The lowest BCUT2D eigenvalue weighted by Gasteiger charge is -2.18. The third-order valence-corrected chi connectivity index (χ3v) is 2.92. The van der Waals surface area contributed by atoms with Crippen LogP contribution >= 0.6 is 15.9 Å². The van der Waals surface area contributed by atoms with Crippen LogP contribution < -0.4 is 0 Å². The number of benzene rings is 1. The number of halogens is 2. The van der Waals surface area contributed by atoms with Crippen LogP contribution in [-0.2, 0) is 6.42 Å². The molecule has 0 nitrogen and oxygen atoms in total. The minimum absolute atomic E-state index is 0.209. The van der Waals surface area contributed by atoms with Gasteiger partial charge in [-0.25, -0.2) is 0 Å². The number of hydrogen-bond acceptors (Lipinski definition) is 0. The van der Waals surface area contributed by atoms with Crippen molar-refractivity contribution in [1.82, 2.24) is 0 Å². The summed E-state index contributed by atoms with van der Waals surface area (Å²) in [6.45, 7) is 0. The molecule has 1 aliphatic carbocycles. The lowest BCUT2D eigenvalue weighted by molar-refractivity contribution is 0.694. The third kappa shape index (κ3) is 1.68. The molecule has 0 radical (unpaired) electrons. The van der Waals surface area contributed by atoms with Crippen LogP contribution in [0, 0.1) is 0 Å². The van der Waals surface area contributed by atoms with E-state index in [0.717, 1.165) is 30.4 Å². The van der Waals surface area contributed by atoms with Gasteiger partial charge in [-0.05, 0) is 46.3 Å². The highest BCUT2D eigenvalue weighted by molar-refractivity contribution is 9.11. The largest absolute Gasteiger partial charge is 0.199 e. The predicted molar refractivity (Wildman–Crippen MR) is 56.3 cm³/mol. The molecule has 2 heteroatoms. The maximum absolute atomic E-state index is 13.1. The SMILES string of the molecule is F/C(Br)=C1\CCCc2ccccc21. The minimum atomic E-state index is -0.209. The zero-order valence-corrected chi connectivity index (χ0v) is 8.77. The van der Waals surface area contributed by atoms with Gasteiger partial charge in [0.1, 0.15) is 0 Å². The predicted octanol–water partition coefficient (Wildman–Crippen LogP) is 4.06. The second-order valence-corrected chi connectivity index (χ2v) is 3.95. The Bertz CT molecular complexity index is 351. The number of hydrogen-bond donors (Lipinski definition) is 0. The summed E-state index contributed by atoms with van der Waals surface area (Å²) >= 11 is 2.92. The molecule has 0 aliphatic heterocycles. The lowest BCUT2D eigenvalue weighted by Crippen LogP contribution is -2.01. The van der Waals surface area contributed by atoms with Crippen molar-refractivity contribution >= 4 is 21.5 Å². The molecule has 0 fully saturated rings. The quantitative estimate of drug-likeness (QED) is 0.642. The van der Waals surface area contributed by atoms with Crippen LogP contribution in [0.2, 0.25) is 0 Å². The Hall–Kier alpha value is -0.630. The standard InChI is InChI=1S/C11H10BrF/c12-11(13)10-7-3-5-8-4-1-2-6-9(8)10/h1-2,4,6H,3,5,7H2/b11-10+. The van der Waals surface area contributed by atoms with Crippen molar-refractivity contribution in [1.29, 1.82) is 0 Å². The normalized spacial score (nSPS) is 19.5. The van der Waals surface area contributed by atoms with Gasteiger partial charge < -0.3 is 0 Å². The average Bonchev–Trinajstić information content (AvgIpc) is 2.17. The highest BCUT2D eigenvalue weighted by Crippen LogP contribution is 2.34. The molecule has 1 aromatic carbocycles. The summed E-state index contributed by atoms with van der Waals surface area (Å²) in [5.74, 6) is 0. The number of aryl methyl sites for hydroxylation is 1. The Morgan fingerprint density at radius 2 is 2.00 bits per heavy atom. The molecule has 68 valence electrons. The maximum atomic E-state index is 13.1. The fraction of sp³-hybridized carbons (Fsp3) is 0.273. The van der Waals surface area contributed by atoms with Crippen molar-refractivity contribution < 1.29 is 4.39 Å². The molecule has 0 amide bonds. The monoisotopic (exact) mass is 240 g/mol. The van der Waals surface area contributed by atoms with Crippen LogP contribution in [0.5, 0.6) is 0 Å². The van der Waals surface area contributed by atoms with Gasteiger partial charge in [0.2, 0.25) is 0 Å². The van der Waals surface area contributed by atoms with E-state index in [9.17, 15) is 4.39 Å². The first-order chi connectivity index (χ1) is 6.29. The van der Waals surface area contributed by atoms with Gasteiger partial charge in [0.15, 0.2) is 4.74 Å². The molecule has 0 N–H and O–H groups in total. The van der Waals surface area contributed by atoms with E-state index in [-0.39, 0.29) is 4.74 Å². The zero-order chi connectivity index (χ0) is 9.26. The summed E-state index contributed by atoms with van der Waals surface area (Å²) in [5, 5.41) is 0. The first-order valence-electron chi connectivity index (χ1n) is 4.41. The summed E-state index contributed by atoms with van der Waals surface area (Å²) < 4.78 is 12.9. The van der Waals surface area contributed by atoms with E-state index in [4.69, 9.17) is 0 Å². The van der Waals surface area contributed by atoms with Crippen molar-refractivity contribution in [3.8, 4) is 0 Å². The van der Waals surface area contributed by atoms with Crippen molar-refractivity contribution in [2.45, 2.75) is 19.3 Å². The van der Waals surface area contributed by atoms with Gasteiger partial charge in [-0.15, -0.1) is 0 Å². The fourth-order valence-corrected chi connectivity index (χ4v) is 2.23. The number of allylic oxidation sites excluding steroid dienone is 1. The van der Waals surface area contributed by atoms with Crippen LogP contribution in [0.4, 0.5) is 4.39 Å². The summed E-state index contributed by atoms with van der Waals surface area (Å²) in [6.07, 6.45) is 2.96. The van der Waals surface area contributed by atoms with Crippen molar-refractivity contribution in [2.75, 3.05) is 0 Å². The molecule has 0 spiro atoms. The topological polar surface area (TPSA) is 0 Å². The van der Waals surface area contributed by atoms with Gasteiger partial charge in [-0.3, -0.25) is 0 Å². The molecule has 0 atom stereocenters. The Labute approximate surface area is 85.6 Å². The molecule has 1 aromatic rings. The van der Waals surface area contributed by atoms with E-state index in [1.54, 1.807) is 0 Å². The fourth-order valence-electron chi connectivity index (χ4n) is 1.82. The first-order valence-corrected chi connectivity index (χ1v) is 5.21. The molecule has 2 rings (SSSR count). The molecule has 0 saturated heterocycles. The third-order valence-electron chi connectivity index (χ3n) is 2.44. The van der Waals surface area contributed by atoms with Gasteiger partial charge >= 0.3 is 0 Å². The second-order valence-electron chi connectivity index (χ2n) is 3.25. The molecule has 13 heavy (non-hydrogen) atoms. The first kappa shape index (κ1) is 8.95. The van der Waals surface area contributed by atoms with Crippen LogP contribution in [0.15, 0.2) is 29.0 Å². The van der Waals surface area contributed by atoms with Crippen molar-refractivity contribution in [3.63, 3.8) is 0 Å². The van der Waals surface area contributed by atoms with Crippen LogP contribution in [-0.4, -0.2) is 0 Å². The molecule has 1 aliphatic rings. The maximum Gasteiger partial charge on any atom is 0.169 e. The van der Waals surface area contributed by atoms with E-state index >= 15 is 0 Å². The molecule has 0 saturated carbocycles. The second kappa shape index (κ2) is 3.62. The minimum Gasteiger partial charge on any atom is -0.199 e. The molecule has 0 aromatic heterocycles. The van der Waals surface area contributed by atoms with Crippen molar-refractivity contribution in [3.05, 3.63) is 40.1 Å². The number of fused-ring (bicyclic) bond motifs is 1. The smallest absolute Gasteiger partial charge is 0.169 e. The summed E-state index contributed by atoms with van der Waals surface area (Å²) in [4.78, 5) is 0. The number of rotatable bonds is 0. The zero-order valence-electron chi connectivity index (χ0n) is 7.19. The van der Waals surface area contributed by atoms with Gasteiger partial charge in [-0.1, -0.05) is 24.3 Å². The van der Waals surface area contributed by atoms with E-state index < -0.39 is 0 Å². The Morgan fingerprint density at radius 1 is 1.23 bits per heavy atom. The summed E-state index contributed by atoms with van der Waals surface area (Å²) in [6, 6.07) is 8.03. The Kier molecular flexibility index (Phi) is 2.49. The van der Waals surface area contributed by atoms with Crippen LogP contribution in [0.1, 0.15) is 24.0 Å². The van der Waals surface area contributed by atoms with Gasteiger partial charge in [0.25, 0.3) is 0 Å². The van der Waals surface area contributed by atoms with Gasteiger partial charge in [0.05, 0.1) is 0 Å². The van der Waals surface area contributed by atoms with Crippen LogP contribution in [0.3, 0.4) is 0 Å². The summed E-state index contributed by atoms with van der Waals surface area (Å²) in [7, 11) is 0. The van der Waals surface area contributed by atoms with Gasteiger partial charge in [-0.2, -0.15) is 4.39 Å². The highest BCUT2D eigenvalue weighted by Gasteiger charge is 2.15. The Morgan fingerprint density at radius 3 is 2.77 bits per heavy atom.